The maximum Gasteiger partial charge on any atom is 0.244 e. The van der Waals surface area contributed by atoms with Gasteiger partial charge in [-0.15, -0.1) is 0 Å². The first-order valence-electron chi connectivity index (χ1n) is 9.48. The molecule has 29 heavy (non-hydrogen) atoms. The fraction of sp³-hybridized carbons (Fsp3) is 0.333. The van der Waals surface area contributed by atoms with Crippen LogP contribution in [0.1, 0.15) is 30.4 Å². The number of hydrogen-bond donors (Lipinski definition) is 1. The van der Waals surface area contributed by atoms with Crippen LogP contribution >= 0.6 is 11.8 Å². The van der Waals surface area contributed by atoms with Gasteiger partial charge in [0.15, 0.2) is 0 Å². The quantitative estimate of drug-likeness (QED) is 0.752. The summed E-state index contributed by atoms with van der Waals surface area (Å²) in [6.07, 6.45) is 1.45. The number of benzene rings is 2. The SMILES string of the molecule is CNCCCC(=O)N1N=C(c2cc(F)ccc2F)SC12CCOc1ccccc12. The van der Waals surface area contributed by atoms with E-state index in [2.05, 4.69) is 10.4 Å². The lowest BCUT2D eigenvalue weighted by Crippen LogP contribution is -2.44. The molecule has 152 valence electrons. The molecule has 4 rings (SSSR count). The van der Waals surface area contributed by atoms with Gasteiger partial charge < -0.3 is 10.1 Å². The van der Waals surface area contributed by atoms with Crippen LogP contribution in [-0.2, 0) is 9.67 Å². The first-order valence-corrected chi connectivity index (χ1v) is 10.3. The molecule has 0 saturated heterocycles. The van der Waals surface area contributed by atoms with Gasteiger partial charge in [-0.3, -0.25) is 4.79 Å². The largest absolute Gasteiger partial charge is 0.493 e. The fourth-order valence-electron chi connectivity index (χ4n) is 3.62. The lowest BCUT2D eigenvalue weighted by atomic mass is 9.98. The molecule has 0 radical (unpaired) electrons. The minimum absolute atomic E-state index is 0.0591. The van der Waals surface area contributed by atoms with Gasteiger partial charge in [-0.1, -0.05) is 30.0 Å². The van der Waals surface area contributed by atoms with Gasteiger partial charge in [0.05, 0.1) is 6.61 Å². The summed E-state index contributed by atoms with van der Waals surface area (Å²) < 4.78 is 34.0. The van der Waals surface area contributed by atoms with Crippen LogP contribution in [0.15, 0.2) is 47.6 Å². The molecule has 0 aromatic heterocycles. The van der Waals surface area contributed by atoms with Crippen molar-refractivity contribution in [2.75, 3.05) is 20.2 Å². The number of amides is 1. The molecule has 2 heterocycles. The van der Waals surface area contributed by atoms with Gasteiger partial charge in [-0.2, -0.15) is 5.10 Å². The second-order valence-electron chi connectivity index (χ2n) is 6.92. The Hall–Kier alpha value is -2.45. The molecule has 0 saturated carbocycles. The monoisotopic (exact) mass is 417 g/mol. The van der Waals surface area contributed by atoms with Crippen LogP contribution in [0.3, 0.4) is 0 Å². The fourth-order valence-corrected chi connectivity index (χ4v) is 5.02. The predicted octanol–water partition coefficient (Wildman–Crippen LogP) is 3.84. The number of nitrogens with one attached hydrogen (secondary N) is 1. The van der Waals surface area contributed by atoms with Crippen LogP contribution in [0.5, 0.6) is 5.75 Å². The number of hydrazone groups is 1. The smallest absolute Gasteiger partial charge is 0.244 e. The van der Waals surface area contributed by atoms with Crippen molar-refractivity contribution in [2.24, 2.45) is 5.10 Å². The number of carbonyl (C=O) groups excluding carboxylic acids is 1. The number of para-hydroxylation sites is 1. The van der Waals surface area contributed by atoms with E-state index in [0.717, 1.165) is 23.8 Å². The zero-order valence-corrected chi connectivity index (χ0v) is 16.8. The average molecular weight is 417 g/mol. The normalized spacial score (nSPS) is 20.4. The third-order valence-corrected chi connectivity index (χ3v) is 6.45. The van der Waals surface area contributed by atoms with Gasteiger partial charge in [-0.25, -0.2) is 13.8 Å². The second kappa shape index (κ2) is 8.12. The van der Waals surface area contributed by atoms with E-state index < -0.39 is 16.5 Å². The van der Waals surface area contributed by atoms with Gasteiger partial charge in [-0.05, 0) is 44.3 Å². The van der Waals surface area contributed by atoms with E-state index in [1.54, 1.807) is 0 Å². The molecule has 2 aliphatic rings. The molecule has 5 nitrogen and oxygen atoms in total. The van der Waals surface area contributed by atoms with E-state index in [0.29, 0.717) is 43.2 Å². The van der Waals surface area contributed by atoms with Crippen molar-refractivity contribution in [1.29, 1.82) is 0 Å². The first kappa shape index (κ1) is 19.8. The highest BCUT2D eigenvalue weighted by atomic mass is 32.2. The number of hydrogen-bond acceptors (Lipinski definition) is 5. The topological polar surface area (TPSA) is 53.9 Å². The summed E-state index contributed by atoms with van der Waals surface area (Å²) in [6, 6.07) is 10.8. The van der Waals surface area contributed by atoms with E-state index >= 15 is 0 Å². The summed E-state index contributed by atoms with van der Waals surface area (Å²) in [4.78, 5) is 12.3. The Balaban J connectivity index is 1.77. The summed E-state index contributed by atoms with van der Waals surface area (Å²) in [7, 11) is 1.83. The molecule has 1 amide bonds. The van der Waals surface area contributed by atoms with Crippen LogP contribution < -0.4 is 10.1 Å². The minimum atomic E-state index is -0.834. The molecule has 8 heteroatoms. The zero-order valence-electron chi connectivity index (χ0n) is 16.0. The van der Waals surface area contributed by atoms with Gasteiger partial charge in [0.1, 0.15) is 27.3 Å². The Morgan fingerprint density at radius 3 is 2.97 bits per heavy atom. The van der Waals surface area contributed by atoms with Crippen molar-refractivity contribution in [3.8, 4) is 5.75 Å². The van der Waals surface area contributed by atoms with Crippen molar-refractivity contribution < 1.29 is 18.3 Å². The molecule has 0 fully saturated rings. The van der Waals surface area contributed by atoms with Crippen molar-refractivity contribution in [1.82, 2.24) is 10.3 Å². The Morgan fingerprint density at radius 1 is 1.31 bits per heavy atom. The Kier molecular flexibility index (Phi) is 5.56. The van der Waals surface area contributed by atoms with Crippen LogP contribution in [0.2, 0.25) is 0 Å². The van der Waals surface area contributed by atoms with E-state index in [-0.39, 0.29) is 11.5 Å². The number of nitrogens with zero attached hydrogens (tertiary/aromatic N) is 2. The molecular formula is C21H21F2N3O2S. The molecule has 1 spiro atoms. The minimum Gasteiger partial charge on any atom is -0.493 e. The van der Waals surface area contributed by atoms with E-state index in [1.807, 2.05) is 31.3 Å². The molecular weight excluding hydrogens is 396 g/mol. The molecule has 2 aromatic carbocycles. The molecule has 1 N–H and O–H groups in total. The highest BCUT2D eigenvalue weighted by Crippen LogP contribution is 2.54. The summed E-state index contributed by atoms with van der Waals surface area (Å²) in [5.41, 5.74) is 0.873. The van der Waals surface area contributed by atoms with Crippen LogP contribution in [0, 0.1) is 11.6 Å². The standard InChI is InChI=1S/C21H21F2N3O2S/c1-24-11-4-7-19(27)26-21(10-12-28-18-6-3-2-5-16(18)21)29-20(25-26)15-13-14(22)8-9-17(15)23/h2-3,5-6,8-9,13,24H,4,7,10-12H2,1H3. The van der Waals surface area contributed by atoms with Crippen molar-refractivity contribution in [3.63, 3.8) is 0 Å². The Labute approximate surface area is 172 Å². The number of ether oxygens (including phenoxy) is 1. The summed E-state index contributed by atoms with van der Waals surface area (Å²) in [5.74, 6) is -0.603. The Bertz CT molecular complexity index is 969. The third-order valence-electron chi connectivity index (χ3n) is 5.02. The first-order chi connectivity index (χ1) is 14.0. The number of fused-ring (bicyclic) bond motifs is 2. The Morgan fingerprint density at radius 2 is 2.14 bits per heavy atom. The highest BCUT2D eigenvalue weighted by molar-refractivity contribution is 8.15. The number of halogens is 2. The van der Waals surface area contributed by atoms with E-state index in [9.17, 15) is 13.6 Å². The van der Waals surface area contributed by atoms with Crippen molar-refractivity contribution in [3.05, 3.63) is 65.2 Å². The molecule has 0 aliphatic carbocycles. The van der Waals surface area contributed by atoms with Gasteiger partial charge in [0, 0.05) is 24.0 Å². The maximum absolute atomic E-state index is 14.5. The molecule has 1 atom stereocenters. The van der Waals surface area contributed by atoms with Crippen molar-refractivity contribution >= 4 is 22.7 Å². The lowest BCUT2D eigenvalue weighted by molar-refractivity contribution is -0.135. The predicted molar refractivity (Wildman–Crippen MR) is 109 cm³/mol. The molecule has 2 aliphatic heterocycles. The van der Waals surface area contributed by atoms with Crippen LogP contribution in [0.4, 0.5) is 8.78 Å². The second-order valence-corrected chi connectivity index (χ2v) is 8.19. The summed E-state index contributed by atoms with van der Waals surface area (Å²) in [5, 5.41) is 9.27. The number of carbonyl (C=O) groups is 1. The van der Waals surface area contributed by atoms with Crippen molar-refractivity contribution in [2.45, 2.75) is 24.1 Å². The molecule has 0 bridgehead atoms. The number of thioether (sulfide) groups is 1. The molecule has 1 unspecified atom stereocenters. The maximum atomic E-state index is 14.5. The number of rotatable bonds is 5. The van der Waals surface area contributed by atoms with E-state index in [1.165, 1.54) is 16.8 Å². The van der Waals surface area contributed by atoms with Crippen LogP contribution in [-0.4, -0.2) is 36.2 Å². The lowest BCUT2D eigenvalue weighted by Gasteiger charge is -2.39. The van der Waals surface area contributed by atoms with E-state index in [4.69, 9.17) is 4.74 Å². The third kappa shape index (κ3) is 3.62. The zero-order chi connectivity index (χ0) is 20.4. The average Bonchev–Trinajstić information content (AvgIpc) is 3.10. The molecule has 2 aromatic rings. The highest BCUT2D eigenvalue weighted by Gasteiger charge is 2.51. The van der Waals surface area contributed by atoms with Gasteiger partial charge in [0.25, 0.3) is 0 Å². The van der Waals surface area contributed by atoms with Gasteiger partial charge >= 0.3 is 0 Å². The summed E-state index contributed by atoms with van der Waals surface area (Å²) >= 11 is 1.28. The summed E-state index contributed by atoms with van der Waals surface area (Å²) in [6.45, 7) is 1.10. The van der Waals surface area contributed by atoms with Gasteiger partial charge in [0.2, 0.25) is 5.91 Å². The van der Waals surface area contributed by atoms with Crippen LogP contribution in [0.25, 0.3) is 0 Å².